The second-order valence-corrected chi connectivity index (χ2v) is 6.37. The van der Waals surface area contributed by atoms with Gasteiger partial charge < -0.3 is 0 Å². The zero-order valence-electron chi connectivity index (χ0n) is 14.7. The molecule has 132 valence electrons. The van der Waals surface area contributed by atoms with Crippen molar-refractivity contribution in [3.05, 3.63) is 114 Å². The Balaban J connectivity index is 1.79. The third-order valence-electron chi connectivity index (χ3n) is 4.64. The van der Waals surface area contributed by atoms with Crippen molar-refractivity contribution in [3.63, 3.8) is 0 Å². The van der Waals surface area contributed by atoms with Crippen molar-refractivity contribution in [1.82, 2.24) is 15.0 Å². The van der Waals surface area contributed by atoms with Gasteiger partial charge >= 0.3 is 0 Å². The van der Waals surface area contributed by atoms with E-state index in [2.05, 4.69) is 27.1 Å². The van der Waals surface area contributed by atoms with Gasteiger partial charge in [0.25, 0.3) is 0 Å². The first-order valence-electron chi connectivity index (χ1n) is 8.80. The van der Waals surface area contributed by atoms with E-state index in [1.165, 1.54) is 6.07 Å². The maximum atomic E-state index is 14.0. The van der Waals surface area contributed by atoms with E-state index in [1.54, 1.807) is 30.9 Å². The first-order valence-corrected chi connectivity index (χ1v) is 8.80. The van der Waals surface area contributed by atoms with Crippen molar-refractivity contribution < 1.29 is 4.39 Å². The fraction of sp³-hybridized carbons (Fsp3) is 0.0870. The summed E-state index contributed by atoms with van der Waals surface area (Å²) in [6.07, 6.45) is 11.5. The fourth-order valence-corrected chi connectivity index (χ4v) is 3.33. The lowest BCUT2D eigenvalue weighted by Crippen LogP contribution is -2.07. The highest BCUT2D eigenvalue weighted by molar-refractivity contribution is 5.67. The molecule has 0 unspecified atom stereocenters. The number of pyridine rings is 3. The van der Waals surface area contributed by atoms with Crippen LogP contribution in [0.5, 0.6) is 0 Å². The first kappa shape index (κ1) is 17.0. The average molecular weight is 355 g/mol. The summed E-state index contributed by atoms with van der Waals surface area (Å²) < 4.78 is 14.0. The summed E-state index contributed by atoms with van der Waals surface area (Å²) in [5, 5.41) is 0. The Bertz CT molecular complexity index is 966. The molecule has 27 heavy (non-hydrogen) atoms. The van der Waals surface area contributed by atoms with Gasteiger partial charge in [0.15, 0.2) is 0 Å². The Kier molecular flexibility index (Phi) is 4.97. The van der Waals surface area contributed by atoms with Gasteiger partial charge in [0, 0.05) is 48.7 Å². The zero-order valence-corrected chi connectivity index (χ0v) is 14.7. The number of hydrogen-bond acceptors (Lipinski definition) is 3. The van der Waals surface area contributed by atoms with Gasteiger partial charge in [-0.25, -0.2) is 4.39 Å². The van der Waals surface area contributed by atoms with Crippen LogP contribution in [0, 0.1) is 5.82 Å². The molecule has 0 N–H and O–H groups in total. The molecule has 0 saturated carbocycles. The van der Waals surface area contributed by atoms with Crippen LogP contribution in [0.15, 0.2) is 91.8 Å². The van der Waals surface area contributed by atoms with Crippen molar-refractivity contribution in [3.8, 4) is 11.1 Å². The molecule has 3 nitrogen and oxygen atoms in total. The SMILES string of the molecule is Fc1ccc(CC(c2cccnc2)c2cccnc2)c(-c2cccnc2)c1. The normalized spacial score (nSPS) is 10.9. The van der Waals surface area contributed by atoms with Gasteiger partial charge in [0.2, 0.25) is 0 Å². The van der Waals surface area contributed by atoms with Crippen molar-refractivity contribution >= 4 is 0 Å². The highest BCUT2D eigenvalue weighted by atomic mass is 19.1. The Hall–Kier alpha value is -3.40. The zero-order chi connectivity index (χ0) is 18.5. The molecule has 0 amide bonds. The number of nitrogens with zero attached hydrogens (tertiary/aromatic N) is 3. The van der Waals surface area contributed by atoms with Crippen LogP contribution in [-0.4, -0.2) is 15.0 Å². The largest absolute Gasteiger partial charge is 0.264 e. The fourth-order valence-electron chi connectivity index (χ4n) is 3.33. The average Bonchev–Trinajstić information content (AvgIpc) is 2.75. The molecule has 4 heteroatoms. The van der Waals surface area contributed by atoms with Crippen LogP contribution >= 0.6 is 0 Å². The van der Waals surface area contributed by atoms with E-state index in [-0.39, 0.29) is 11.7 Å². The van der Waals surface area contributed by atoms with Crippen LogP contribution in [-0.2, 0) is 6.42 Å². The van der Waals surface area contributed by atoms with Crippen LogP contribution < -0.4 is 0 Å². The first-order chi connectivity index (χ1) is 13.3. The maximum absolute atomic E-state index is 14.0. The molecule has 3 heterocycles. The summed E-state index contributed by atoms with van der Waals surface area (Å²) in [6.45, 7) is 0. The summed E-state index contributed by atoms with van der Waals surface area (Å²) in [4.78, 5) is 12.7. The minimum atomic E-state index is -0.253. The molecule has 4 rings (SSSR count). The predicted molar refractivity (Wildman–Crippen MR) is 104 cm³/mol. The van der Waals surface area contributed by atoms with E-state index in [4.69, 9.17) is 0 Å². The molecule has 0 bridgehead atoms. The molecule has 3 aromatic heterocycles. The second-order valence-electron chi connectivity index (χ2n) is 6.37. The van der Waals surface area contributed by atoms with E-state index < -0.39 is 0 Å². The second kappa shape index (κ2) is 7.87. The van der Waals surface area contributed by atoms with Gasteiger partial charge in [0.05, 0.1) is 0 Å². The predicted octanol–water partition coefficient (Wildman–Crippen LogP) is 5.05. The molecule has 0 aliphatic rings. The van der Waals surface area contributed by atoms with Crippen LogP contribution in [0.3, 0.4) is 0 Å². The Labute approximate surface area is 157 Å². The molecule has 0 radical (unpaired) electrons. The summed E-state index contributed by atoms with van der Waals surface area (Å²) in [5.74, 6) is -0.176. The number of hydrogen-bond donors (Lipinski definition) is 0. The number of rotatable bonds is 5. The number of halogens is 1. The highest BCUT2D eigenvalue weighted by Crippen LogP contribution is 2.32. The number of aromatic nitrogens is 3. The van der Waals surface area contributed by atoms with E-state index in [0.29, 0.717) is 6.42 Å². The van der Waals surface area contributed by atoms with Crippen molar-refractivity contribution in [1.29, 1.82) is 0 Å². The summed E-state index contributed by atoms with van der Waals surface area (Å²) in [7, 11) is 0. The van der Waals surface area contributed by atoms with Gasteiger partial charge in [-0.2, -0.15) is 0 Å². The Morgan fingerprint density at radius 1 is 0.741 bits per heavy atom. The summed E-state index contributed by atoms with van der Waals surface area (Å²) in [6, 6.07) is 16.8. The molecule has 4 aromatic rings. The van der Waals surface area contributed by atoms with Gasteiger partial charge in [-0.05, 0) is 59.0 Å². The molecule has 0 atom stereocenters. The summed E-state index contributed by atoms with van der Waals surface area (Å²) in [5.41, 5.74) is 5.03. The van der Waals surface area contributed by atoms with Gasteiger partial charge in [-0.3, -0.25) is 15.0 Å². The van der Waals surface area contributed by atoms with Crippen LogP contribution in [0.2, 0.25) is 0 Å². The molecule has 0 aliphatic carbocycles. The number of benzene rings is 1. The minimum Gasteiger partial charge on any atom is -0.264 e. The van der Waals surface area contributed by atoms with E-state index >= 15 is 0 Å². The lowest BCUT2D eigenvalue weighted by Gasteiger charge is -2.19. The van der Waals surface area contributed by atoms with Crippen LogP contribution in [0.25, 0.3) is 11.1 Å². The van der Waals surface area contributed by atoms with Gasteiger partial charge in [0.1, 0.15) is 5.82 Å². The van der Waals surface area contributed by atoms with Crippen LogP contribution in [0.4, 0.5) is 4.39 Å². The minimum absolute atomic E-state index is 0.0771. The molecular formula is C23H18FN3. The third-order valence-corrected chi connectivity index (χ3v) is 4.64. The quantitative estimate of drug-likeness (QED) is 0.503. The lowest BCUT2D eigenvalue weighted by molar-refractivity contribution is 0.627. The van der Waals surface area contributed by atoms with Gasteiger partial charge in [-0.15, -0.1) is 0 Å². The van der Waals surface area contributed by atoms with Gasteiger partial charge in [-0.1, -0.05) is 24.3 Å². The van der Waals surface area contributed by atoms with E-state index in [0.717, 1.165) is 27.8 Å². The molecule has 1 aromatic carbocycles. The molecule has 0 aliphatic heterocycles. The maximum Gasteiger partial charge on any atom is 0.123 e. The molecule has 0 saturated heterocycles. The van der Waals surface area contributed by atoms with Crippen molar-refractivity contribution in [2.24, 2.45) is 0 Å². The summed E-state index contributed by atoms with van der Waals surface area (Å²) >= 11 is 0. The topological polar surface area (TPSA) is 38.7 Å². The Morgan fingerprint density at radius 3 is 1.93 bits per heavy atom. The highest BCUT2D eigenvalue weighted by Gasteiger charge is 2.18. The smallest absolute Gasteiger partial charge is 0.123 e. The van der Waals surface area contributed by atoms with Crippen LogP contribution in [0.1, 0.15) is 22.6 Å². The monoisotopic (exact) mass is 355 g/mol. The van der Waals surface area contributed by atoms with E-state index in [9.17, 15) is 4.39 Å². The van der Waals surface area contributed by atoms with Crippen molar-refractivity contribution in [2.45, 2.75) is 12.3 Å². The standard InChI is InChI=1S/C23H18FN3/c24-21-8-7-17(23(13-21)20-6-3-11-27-16-20)12-22(18-4-1-9-25-14-18)19-5-2-10-26-15-19/h1-11,13-16,22H,12H2. The Morgan fingerprint density at radius 2 is 1.37 bits per heavy atom. The molecular weight excluding hydrogens is 337 g/mol. The molecule has 0 spiro atoms. The van der Waals surface area contributed by atoms with E-state index in [1.807, 2.05) is 42.7 Å². The molecule has 0 fully saturated rings. The lowest BCUT2D eigenvalue weighted by atomic mass is 9.85. The third kappa shape index (κ3) is 3.90. The van der Waals surface area contributed by atoms with Crippen molar-refractivity contribution in [2.75, 3.05) is 0 Å².